The summed E-state index contributed by atoms with van der Waals surface area (Å²) in [5.41, 5.74) is -0.308. The van der Waals surface area contributed by atoms with Crippen LogP contribution in [-0.4, -0.2) is 29.3 Å². The molecule has 4 heteroatoms. The first-order valence-corrected chi connectivity index (χ1v) is 3.45. The number of aliphatic hydroxyl groups excluding tert-OH is 1. The molecule has 2 aliphatic heterocycles. The summed E-state index contributed by atoms with van der Waals surface area (Å²) in [6.45, 7) is 0.708. The van der Waals surface area contributed by atoms with Crippen LogP contribution in [0.2, 0.25) is 0 Å². The van der Waals surface area contributed by atoms with Gasteiger partial charge in [-0.05, 0) is 6.42 Å². The molecule has 0 aromatic rings. The van der Waals surface area contributed by atoms with E-state index in [9.17, 15) is 9.90 Å². The minimum Gasteiger partial charge on any atom is -0.376 e. The Morgan fingerprint density at radius 1 is 1.70 bits per heavy atom. The van der Waals surface area contributed by atoms with Crippen LogP contribution < -0.4 is 10.6 Å². The summed E-state index contributed by atoms with van der Waals surface area (Å²) in [4.78, 5) is 10.7. The molecule has 0 aromatic carbocycles. The van der Waals surface area contributed by atoms with Crippen LogP contribution in [0.15, 0.2) is 0 Å². The Morgan fingerprint density at radius 3 is 2.70 bits per heavy atom. The molecule has 2 aliphatic rings. The van der Waals surface area contributed by atoms with E-state index in [-0.39, 0.29) is 11.4 Å². The van der Waals surface area contributed by atoms with Gasteiger partial charge in [0.25, 0.3) is 0 Å². The fourth-order valence-corrected chi connectivity index (χ4v) is 1.52. The number of carbonyl (C=O) groups is 1. The number of rotatable bonds is 0. The van der Waals surface area contributed by atoms with Crippen LogP contribution in [-0.2, 0) is 4.79 Å². The molecule has 0 saturated carbocycles. The van der Waals surface area contributed by atoms with Gasteiger partial charge in [-0.15, -0.1) is 0 Å². The molecule has 10 heavy (non-hydrogen) atoms. The van der Waals surface area contributed by atoms with Gasteiger partial charge in [0.2, 0.25) is 5.91 Å². The quantitative estimate of drug-likeness (QED) is 0.388. The number of hydrogen-bond donors (Lipinski definition) is 3. The van der Waals surface area contributed by atoms with Gasteiger partial charge in [0.1, 0.15) is 6.23 Å². The Bertz CT molecular complexity index is 183. The second-order valence-electron chi connectivity index (χ2n) is 2.99. The van der Waals surface area contributed by atoms with E-state index in [1.54, 1.807) is 0 Å². The van der Waals surface area contributed by atoms with Crippen LogP contribution in [0.25, 0.3) is 0 Å². The van der Waals surface area contributed by atoms with Crippen molar-refractivity contribution in [3.63, 3.8) is 0 Å². The van der Waals surface area contributed by atoms with Gasteiger partial charge in [-0.1, -0.05) is 0 Å². The number of carbonyl (C=O) groups excluding carboxylic acids is 1. The molecule has 3 N–H and O–H groups in total. The molecular formula is C6H10N2O2. The monoisotopic (exact) mass is 142 g/mol. The Balaban J connectivity index is 2.11. The highest BCUT2D eigenvalue weighted by molar-refractivity contribution is 5.79. The van der Waals surface area contributed by atoms with Gasteiger partial charge in [0.05, 0.1) is 5.54 Å². The largest absolute Gasteiger partial charge is 0.376 e. The Labute approximate surface area is 58.6 Å². The molecule has 2 saturated heterocycles. The van der Waals surface area contributed by atoms with E-state index in [0.717, 1.165) is 6.42 Å². The summed E-state index contributed by atoms with van der Waals surface area (Å²) < 4.78 is 0. The Morgan fingerprint density at radius 2 is 2.50 bits per heavy atom. The molecule has 1 spiro atoms. The topological polar surface area (TPSA) is 61.4 Å². The maximum absolute atomic E-state index is 10.7. The second kappa shape index (κ2) is 1.71. The van der Waals surface area contributed by atoms with Gasteiger partial charge in [-0.2, -0.15) is 0 Å². The number of aliphatic hydroxyl groups is 1. The first-order valence-electron chi connectivity index (χ1n) is 3.45. The molecule has 0 aliphatic carbocycles. The molecule has 2 fully saturated rings. The van der Waals surface area contributed by atoms with Crippen LogP contribution in [0.4, 0.5) is 0 Å². The van der Waals surface area contributed by atoms with Gasteiger partial charge in [0.15, 0.2) is 0 Å². The van der Waals surface area contributed by atoms with Crippen molar-refractivity contribution in [3.8, 4) is 0 Å². The number of nitrogens with one attached hydrogen (secondary N) is 2. The van der Waals surface area contributed by atoms with Crippen LogP contribution in [0.3, 0.4) is 0 Å². The second-order valence-corrected chi connectivity index (χ2v) is 2.99. The molecule has 56 valence electrons. The fraction of sp³-hybridized carbons (Fsp3) is 0.833. The summed E-state index contributed by atoms with van der Waals surface area (Å²) in [5, 5.41) is 14.8. The third kappa shape index (κ3) is 0.602. The highest BCUT2D eigenvalue weighted by Crippen LogP contribution is 2.27. The average Bonchev–Trinajstić information content (AvgIpc) is 2.31. The molecule has 4 nitrogen and oxygen atoms in total. The number of hydrogen-bond acceptors (Lipinski definition) is 3. The predicted octanol–water partition coefficient (Wildman–Crippen LogP) is -1.44. The third-order valence-electron chi connectivity index (χ3n) is 2.32. The van der Waals surface area contributed by atoms with E-state index < -0.39 is 6.23 Å². The van der Waals surface area contributed by atoms with Crippen LogP contribution in [0.5, 0.6) is 0 Å². The highest BCUT2D eigenvalue weighted by Gasteiger charge is 2.50. The Kier molecular flexibility index (Phi) is 1.04. The zero-order valence-electron chi connectivity index (χ0n) is 5.55. The summed E-state index contributed by atoms with van der Waals surface area (Å²) in [6, 6.07) is 0. The fourth-order valence-electron chi connectivity index (χ4n) is 1.52. The minimum atomic E-state index is -0.529. The molecule has 2 atom stereocenters. The lowest BCUT2D eigenvalue weighted by molar-refractivity contribution is -0.122. The molecule has 0 bridgehead atoms. The molecule has 0 aromatic heterocycles. The third-order valence-corrected chi connectivity index (χ3v) is 2.32. The molecule has 0 radical (unpaired) electrons. The lowest BCUT2D eigenvalue weighted by Crippen LogP contribution is -2.72. The van der Waals surface area contributed by atoms with Crippen molar-refractivity contribution in [1.29, 1.82) is 0 Å². The van der Waals surface area contributed by atoms with E-state index in [2.05, 4.69) is 10.6 Å². The van der Waals surface area contributed by atoms with Crippen molar-refractivity contribution in [2.75, 3.05) is 6.54 Å². The van der Waals surface area contributed by atoms with Crippen molar-refractivity contribution in [2.24, 2.45) is 0 Å². The highest BCUT2D eigenvalue weighted by atomic mass is 16.3. The standard InChI is InChI=1S/C6H10N2O2/c9-4-1-2-6(8-4)3-7-5(6)10/h5,7,10H,1-3H2,(H,8,9). The molecule has 1 amide bonds. The lowest BCUT2D eigenvalue weighted by atomic mass is 9.88. The van der Waals surface area contributed by atoms with E-state index >= 15 is 0 Å². The molecular weight excluding hydrogens is 132 g/mol. The summed E-state index contributed by atoms with van der Waals surface area (Å²) in [7, 11) is 0. The van der Waals surface area contributed by atoms with Crippen LogP contribution in [0, 0.1) is 0 Å². The SMILES string of the molecule is O=C1CCC2(CNC2O)N1. The van der Waals surface area contributed by atoms with Gasteiger partial charge >= 0.3 is 0 Å². The van der Waals surface area contributed by atoms with Crippen LogP contribution >= 0.6 is 0 Å². The summed E-state index contributed by atoms with van der Waals surface area (Å²) in [6.07, 6.45) is 0.789. The zero-order chi connectivity index (χ0) is 7.19. The number of amides is 1. The van der Waals surface area contributed by atoms with Crippen molar-refractivity contribution in [2.45, 2.75) is 24.6 Å². The first-order chi connectivity index (χ1) is 4.73. The van der Waals surface area contributed by atoms with Crippen LogP contribution in [0.1, 0.15) is 12.8 Å². The maximum Gasteiger partial charge on any atom is 0.220 e. The molecule has 2 heterocycles. The van der Waals surface area contributed by atoms with Gasteiger partial charge in [-0.25, -0.2) is 0 Å². The van der Waals surface area contributed by atoms with Gasteiger partial charge in [0, 0.05) is 13.0 Å². The van der Waals surface area contributed by atoms with Gasteiger partial charge in [-0.3, -0.25) is 10.1 Å². The van der Waals surface area contributed by atoms with E-state index in [4.69, 9.17) is 0 Å². The van der Waals surface area contributed by atoms with E-state index in [1.807, 2.05) is 0 Å². The average molecular weight is 142 g/mol. The van der Waals surface area contributed by atoms with Gasteiger partial charge < -0.3 is 10.4 Å². The predicted molar refractivity (Wildman–Crippen MR) is 34.1 cm³/mol. The van der Waals surface area contributed by atoms with E-state index in [1.165, 1.54) is 0 Å². The van der Waals surface area contributed by atoms with Crippen molar-refractivity contribution in [3.05, 3.63) is 0 Å². The van der Waals surface area contributed by atoms with Crippen molar-refractivity contribution in [1.82, 2.24) is 10.6 Å². The summed E-state index contributed by atoms with van der Waals surface area (Å²) >= 11 is 0. The Hall–Kier alpha value is -0.610. The molecule has 2 rings (SSSR count). The first kappa shape index (κ1) is 6.12. The summed E-state index contributed by atoms with van der Waals surface area (Å²) in [5.74, 6) is 0.0561. The zero-order valence-corrected chi connectivity index (χ0v) is 5.55. The molecule has 2 unspecified atom stereocenters. The minimum absolute atomic E-state index is 0.0561. The van der Waals surface area contributed by atoms with E-state index in [0.29, 0.717) is 13.0 Å². The normalized spacial score (nSPS) is 45.3. The smallest absolute Gasteiger partial charge is 0.220 e. The van der Waals surface area contributed by atoms with Crippen molar-refractivity contribution >= 4 is 5.91 Å². The van der Waals surface area contributed by atoms with Crippen molar-refractivity contribution < 1.29 is 9.90 Å². The lowest BCUT2D eigenvalue weighted by Gasteiger charge is -2.44. The maximum atomic E-state index is 10.7.